The topological polar surface area (TPSA) is 53.1 Å². The van der Waals surface area contributed by atoms with Crippen LogP contribution in [0.15, 0.2) is 12.7 Å². The molecular weight excluding hydrogens is 306 g/mol. The predicted octanol–water partition coefficient (Wildman–Crippen LogP) is 2.11. The van der Waals surface area contributed by atoms with Gasteiger partial charge in [-0.25, -0.2) is 4.79 Å². The number of unbranched alkanes of at least 4 members (excludes halogenated alkanes) is 1. The Hall–Kier alpha value is -1.56. The Kier molecular flexibility index (Phi) is 6.66. The van der Waals surface area contributed by atoms with Crippen molar-refractivity contribution in [3.63, 3.8) is 0 Å². The van der Waals surface area contributed by atoms with Gasteiger partial charge in [-0.1, -0.05) is 19.4 Å². The van der Waals surface area contributed by atoms with E-state index in [0.29, 0.717) is 39.2 Å². The fourth-order valence-corrected chi connectivity index (χ4v) is 3.59. The summed E-state index contributed by atoms with van der Waals surface area (Å²) < 4.78 is 5.38. The maximum absolute atomic E-state index is 12.3. The molecule has 0 bridgehead atoms. The molecule has 0 aromatic carbocycles. The van der Waals surface area contributed by atoms with Crippen molar-refractivity contribution in [1.82, 2.24) is 14.7 Å². The number of hydrogen-bond donors (Lipinski definition) is 0. The molecular formula is C18H31N3O3. The number of nitrogens with zero attached hydrogens (tertiary/aromatic N) is 3. The first-order valence-electron chi connectivity index (χ1n) is 9.04. The first-order valence-corrected chi connectivity index (χ1v) is 9.04. The Labute approximate surface area is 145 Å². The lowest BCUT2D eigenvalue weighted by atomic mass is 9.86. The summed E-state index contributed by atoms with van der Waals surface area (Å²) in [6.45, 7) is 9.77. The summed E-state index contributed by atoms with van der Waals surface area (Å²) >= 11 is 0. The molecule has 6 nitrogen and oxygen atoms in total. The van der Waals surface area contributed by atoms with Gasteiger partial charge in [0.2, 0.25) is 5.91 Å². The molecule has 0 aromatic rings. The van der Waals surface area contributed by atoms with E-state index in [1.807, 2.05) is 9.80 Å². The van der Waals surface area contributed by atoms with Crippen molar-refractivity contribution in [3.05, 3.63) is 12.7 Å². The molecule has 2 amide bonds. The Morgan fingerprint density at radius 3 is 2.83 bits per heavy atom. The summed E-state index contributed by atoms with van der Waals surface area (Å²) in [6.07, 6.45) is 5.66. The van der Waals surface area contributed by atoms with Gasteiger partial charge in [0.1, 0.15) is 0 Å². The molecule has 1 atom stereocenters. The molecule has 2 aliphatic rings. The lowest BCUT2D eigenvalue weighted by molar-refractivity contribution is -0.130. The minimum atomic E-state index is -0.213. The Bertz CT molecular complexity index is 468. The van der Waals surface area contributed by atoms with Crippen LogP contribution in [-0.4, -0.2) is 78.6 Å². The largest absolute Gasteiger partial charge is 0.449 e. The van der Waals surface area contributed by atoms with Gasteiger partial charge in [-0.2, -0.15) is 0 Å². The van der Waals surface area contributed by atoms with Crippen molar-refractivity contribution in [3.8, 4) is 0 Å². The molecule has 0 radical (unpaired) electrons. The highest BCUT2D eigenvalue weighted by Gasteiger charge is 2.43. The van der Waals surface area contributed by atoms with Crippen LogP contribution in [0.5, 0.6) is 0 Å². The van der Waals surface area contributed by atoms with E-state index < -0.39 is 0 Å². The van der Waals surface area contributed by atoms with Crippen LogP contribution in [0.25, 0.3) is 0 Å². The zero-order valence-electron chi connectivity index (χ0n) is 15.1. The number of hydrogen-bond acceptors (Lipinski definition) is 4. The monoisotopic (exact) mass is 337 g/mol. The maximum Gasteiger partial charge on any atom is 0.409 e. The highest BCUT2D eigenvalue weighted by molar-refractivity contribution is 5.77. The van der Waals surface area contributed by atoms with Gasteiger partial charge in [0.05, 0.1) is 6.61 Å². The summed E-state index contributed by atoms with van der Waals surface area (Å²) in [4.78, 5) is 30.6. The molecule has 2 heterocycles. The number of likely N-dealkylation sites (N-methyl/N-ethyl adjacent to an activating group) is 1. The van der Waals surface area contributed by atoms with Crippen molar-refractivity contribution in [2.24, 2.45) is 0 Å². The zero-order chi connectivity index (χ0) is 17.6. The standard InChI is InChI=1S/C18H31N3O3/c1-4-6-14-24-17(23)21-13-12-19(3)18(15-21)8-7-16(22)20(10-5-2)11-9-18/h5H,2,4,6-15H2,1,3H3/t18-/m1/s1. The summed E-state index contributed by atoms with van der Waals surface area (Å²) in [6, 6.07) is 0. The molecule has 2 fully saturated rings. The smallest absolute Gasteiger partial charge is 0.409 e. The zero-order valence-corrected chi connectivity index (χ0v) is 15.1. The van der Waals surface area contributed by atoms with E-state index in [0.717, 1.165) is 32.2 Å². The van der Waals surface area contributed by atoms with Crippen LogP contribution in [0.3, 0.4) is 0 Å². The number of piperazine rings is 1. The number of ether oxygens (including phenoxy) is 1. The highest BCUT2D eigenvalue weighted by atomic mass is 16.6. The minimum Gasteiger partial charge on any atom is -0.449 e. The second-order valence-corrected chi connectivity index (χ2v) is 6.91. The number of rotatable bonds is 5. The van der Waals surface area contributed by atoms with Gasteiger partial charge >= 0.3 is 6.09 Å². The number of carbonyl (C=O) groups is 2. The van der Waals surface area contributed by atoms with Crippen LogP contribution in [0.2, 0.25) is 0 Å². The van der Waals surface area contributed by atoms with Gasteiger partial charge in [-0.3, -0.25) is 9.69 Å². The van der Waals surface area contributed by atoms with Crippen LogP contribution in [0.4, 0.5) is 4.79 Å². The normalized spacial score (nSPS) is 25.7. The van der Waals surface area contributed by atoms with Crippen LogP contribution in [0, 0.1) is 0 Å². The summed E-state index contributed by atoms with van der Waals surface area (Å²) in [7, 11) is 2.10. The second-order valence-electron chi connectivity index (χ2n) is 6.91. The minimum absolute atomic E-state index is 0.131. The van der Waals surface area contributed by atoms with Crippen LogP contribution >= 0.6 is 0 Å². The molecule has 1 spiro atoms. The van der Waals surface area contributed by atoms with Gasteiger partial charge in [0.15, 0.2) is 0 Å². The predicted molar refractivity (Wildman–Crippen MR) is 93.8 cm³/mol. The quantitative estimate of drug-likeness (QED) is 0.569. The number of amides is 2. The molecule has 0 saturated carbocycles. The Morgan fingerprint density at radius 2 is 2.12 bits per heavy atom. The molecule has 0 aromatic heterocycles. The molecule has 0 aliphatic carbocycles. The third-order valence-electron chi connectivity index (χ3n) is 5.34. The van der Waals surface area contributed by atoms with Gasteiger partial charge in [0, 0.05) is 44.7 Å². The van der Waals surface area contributed by atoms with E-state index in [1.165, 1.54) is 0 Å². The third kappa shape index (κ3) is 4.29. The van der Waals surface area contributed by atoms with Crippen molar-refractivity contribution < 1.29 is 14.3 Å². The Balaban J connectivity index is 2.02. The number of carbonyl (C=O) groups excluding carboxylic acids is 2. The molecule has 136 valence electrons. The molecule has 24 heavy (non-hydrogen) atoms. The highest BCUT2D eigenvalue weighted by Crippen LogP contribution is 2.32. The molecule has 2 rings (SSSR count). The first kappa shape index (κ1) is 18.8. The van der Waals surface area contributed by atoms with Gasteiger partial charge in [-0.05, 0) is 26.3 Å². The molecule has 0 N–H and O–H groups in total. The van der Waals surface area contributed by atoms with Gasteiger partial charge in [-0.15, -0.1) is 6.58 Å². The maximum atomic E-state index is 12.3. The molecule has 6 heteroatoms. The van der Waals surface area contributed by atoms with Crippen LogP contribution in [0.1, 0.15) is 39.0 Å². The summed E-state index contributed by atoms with van der Waals surface area (Å²) in [5, 5.41) is 0. The van der Waals surface area contributed by atoms with Crippen molar-refractivity contribution >= 4 is 12.0 Å². The van der Waals surface area contributed by atoms with Crippen molar-refractivity contribution in [2.45, 2.75) is 44.6 Å². The van der Waals surface area contributed by atoms with Gasteiger partial charge < -0.3 is 14.5 Å². The summed E-state index contributed by atoms with van der Waals surface area (Å²) in [5.74, 6) is 0.183. The first-order chi connectivity index (χ1) is 11.5. The fourth-order valence-electron chi connectivity index (χ4n) is 3.59. The molecule has 0 unspecified atom stereocenters. The van der Waals surface area contributed by atoms with E-state index >= 15 is 0 Å². The van der Waals surface area contributed by atoms with E-state index in [2.05, 4.69) is 25.5 Å². The fraction of sp³-hybridized carbons (Fsp3) is 0.778. The molecule has 2 saturated heterocycles. The van der Waals surface area contributed by atoms with E-state index in [-0.39, 0.29) is 17.5 Å². The lowest BCUT2D eigenvalue weighted by Gasteiger charge is -2.48. The second kappa shape index (κ2) is 8.51. The Morgan fingerprint density at radius 1 is 1.33 bits per heavy atom. The van der Waals surface area contributed by atoms with Crippen LogP contribution < -0.4 is 0 Å². The average molecular weight is 337 g/mol. The number of likely N-dealkylation sites (tertiary alicyclic amines) is 1. The van der Waals surface area contributed by atoms with Crippen molar-refractivity contribution in [1.29, 1.82) is 0 Å². The lowest BCUT2D eigenvalue weighted by Crippen LogP contribution is -2.62. The van der Waals surface area contributed by atoms with Crippen LogP contribution in [-0.2, 0) is 9.53 Å². The molecule has 2 aliphatic heterocycles. The van der Waals surface area contributed by atoms with Crippen molar-refractivity contribution in [2.75, 3.05) is 46.4 Å². The van der Waals surface area contributed by atoms with E-state index in [9.17, 15) is 9.59 Å². The van der Waals surface area contributed by atoms with Gasteiger partial charge in [0.25, 0.3) is 0 Å². The average Bonchev–Trinajstić information content (AvgIpc) is 2.72. The van der Waals surface area contributed by atoms with E-state index in [4.69, 9.17) is 4.74 Å². The third-order valence-corrected chi connectivity index (χ3v) is 5.34. The SMILES string of the molecule is C=CCN1CC[C@]2(CCC1=O)CN(C(=O)OCCCC)CCN2C. The summed E-state index contributed by atoms with van der Waals surface area (Å²) in [5.41, 5.74) is -0.131. The van der Waals surface area contributed by atoms with E-state index in [1.54, 1.807) is 6.08 Å².